The van der Waals surface area contributed by atoms with E-state index in [2.05, 4.69) is 10.3 Å². The molecule has 0 bridgehead atoms. The van der Waals surface area contributed by atoms with E-state index in [1.165, 1.54) is 0 Å². The molecule has 0 aromatic carbocycles. The van der Waals surface area contributed by atoms with Crippen LogP contribution in [0.2, 0.25) is 0 Å². The average molecular weight is 267 g/mol. The Labute approximate surface area is 110 Å². The van der Waals surface area contributed by atoms with E-state index in [1.54, 1.807) is 36.3 Å². The third-order valence-corrected chi connectivity index (χ3v) is 3.98. The fraction of sp³-hybridized carbons (Fsp3) is 0.583. The van der Waals surface area contributed by atoms with E-state index in [-0.39, 0.29) is 24.3 Å². The topological polar surface area (TPSA) is 62.3 Å². The summed E-state index contributed by atoms with van der Waals surface area (Å²) in [6.45, 7) is 6.15. The monoisotopic (exact) mass is 267 g/mol. The van der Waals surface area contributed by atoms with Crippen LogP contribution in [0.4, 0.5) is 0 Å². The van der Waals surface area contributed by atoms with Gasteiger partial charge in [0, 0.05) is 24.0 Å². The number of carbonyl (C=O) groups excluding carboxylic acids is 2. The molecule has 2 heterocycles. The molecule has 1 fully saturated rings. The number of hydrogen-bond acceptors (Lipinski definition) is 4. The number of amides is 2. The summed E-state index contributed by atoms with van der Waals surface area (Å²) in [5.74, 6) is 0.00657. The number of nitrogens with one attached hydrogen (secondary N) is 1. The van der Waals surface area contributed by atoms with Gasteiger partial charge in [0.2, 0.25) is 11.8 Å². The number of rotatable bonds is 3. The van der Waals surface area contributed by atoms with E-state index >= 15 is 0 Å². The van der Waals surface area contributed by atoms with Crippen LogP contribution in [-0.2, 0) is 9.59 Å². The number of piperazine rings is 1. The second-order valence-corrected chi connectivity index (χ2v) is 6.06. The lowest BCUT2D eigenvalue weighted by atomic mass is 9.99. The Kier molecular flexibility index (Phi) is 3.38. The molecule has 2 amide bonds. The zero-order valence-corrected chi connectivity index (χ0v) is 11.6. The highest BCUT2D eigenvalue weighted by molar-refractivity contribution is 7.09. The quantitative estimate of drug-likeness (QED) is 0.888. The Bertz CT molecular complexity index is 456. The van der Waals surface area contributed by atoms with Crippen molar-refractivity contribution in [1.82, 2.24) is 15.2 Å². The molecule has 98 valence electrons. The Morgan fingerprint density at radius 3 is 2.89 bits per heavy atom. The van der Waals surface area contributed by atoms with Gasteiger partial charge in [-0.15, -0.1) is 11.3 Å². The van der Waals surface area contributed by atoms with Gasteiger partial charge in [0.1, 0.15) is 5.54 Å². The molecule has 1 N–H and O–H groups in total. The minimum absolute atomic E-state index is 0.0366. The number of nitrogens with zero attached hydrogens (tertiary/aromatic N) is 2. The van der Waals surface area contributed by atoms with Crippen molar-refractivity contribution in [1.29, 1.82) is 0 Å². The smallest absolute Gasteiger partial charge is 0.248 e. The molecule has 18 heavy (non-hydrogen) atoms. The number of hydrogen-bond donors (Lipinski definition) is 1. The molecule has 1 aromatic rings. The molecule has 1 atom stereocenters. The first-order valence-electron chi connectivity index (χ1n) is 5.90. The SMILES string of the molecule is CC(CN1CC(=O)NC(C)(C)C1=O)c1nccs1. The summed E-state index contributed by atoms with van der Waals surface area (Å²) in [7, 11) is 0. The molecule has 5 nitrogen and oxygen atoms in total. The molecule has 1 aromatic heterocycles. The molecule has 6 heteroatoms. The lowest BCUT2D eigenvalue weighted by Gasteiger charge is -2.38. The van der Waals surface area contributed by atoms with Crippen molar-refractivity contribution in [3.63, 3.8) is 0 Å². The highest BCUT2D eigenvalue weighted by Gasteiger charge is 2.39. The molecule has 0 spiro atoms. The largest absolute Gasteiger partial charge is 0.341 e. The van der Waals surface area contributed by atoms with Crippen molar-refractivity contribution in [3.05, 3.63) is 16.6 Å². The van der Waals surface area contributed by atoms with Crippen LogP contribution in [0.15, 0.2) is 11.6 Å². The lowest BCUT2D eigenvalue weighted by molar-refractivity contribution is -0.148. The van der Waals surface area contributed by atoms with Crippen molar-refractivity contribution in [2.45, 2.75) is 32.2 Å². The number of thiazole rings is 1. The molecule has 1 aliphatic rings. The van der Waals surface area contributed by atoms with Gasteiger partial charge >= 0.3 is 0 Å². The third-order valence-electron chi connectivity index (χ3n) is 2.98. The Morgan fingerprint density at radius 1 is 1.56 bits per heavy atom. The second kappa shape index (κ2) is 4.68. The summed E-state index contributed by atoms with van der Waals surface area (Å²) in [5, 5.41) is 5.61. The van der Waals surface area contributed by atoms with Gasteiger partial charge in [-0.1, -0.05) is 6.92 Å². The van der Waals surface area contributed by atoms with Gasteiger partial charge in [-0.3, -0.25) is 9.59 Å². The zero-order chi connectivity index (χ0) is 13.3. The van der Waals surface area contributed by atoms with Crippen molar-refractivity contribution in [2.75, 3.05) is 13.1 Å². The van der Waals surface area contributed by atoms with E-state index in [1.807, 2.05) is 12.3 Å². The van der Waals surface area contributed by atoms with Crippen molar-refractivity contribution < 1.29 is 9.59 Å². The summed E-state index contributed by atoms with van der Waals surface area (Å²) in [6.07, 6.45) is 1.76. The minimum atomic E-state index is -0.808. The Balaban J connectivity index is 2.08. The van der Waals surface area contributed by atoms with Crippen molar-refractivity contribution >= 4 is 23.2 Å². The van der Waals surface area contributed by atoms with Crippen molar-refractivity contribution in [3.8, 4) is 0 Å². The van der Waals surface area contributed by atoms with E-state index < -0.39 is 5.54 Å². The minimum Gasteiger partial charge on any atom is -0.341 e. The van der Waals surface area contributed by atoms with Crippen LogP contribution in [-0.4, -0.2) is 40.3 Å². The molecule has 1 saturated heterocycles. The summed E-state index contributed by atoms with van der Waals surface area (Å²) in [5.41, 5.74) is -0.808. The van der Waals surface area contributed by atoms with Gasteiger partial charge in [0.15, 0.2) is 0 Å². The van der Waals surface area contributed by atoms with Gasteiger partial charge in [-0.25, -0.2) is 4.98 Å². The summed E-state index contributed by atoms with van der Waals surface area (Å²) in [4.78, 5) is 29.6. The van der Waals surface area contributed by atoms with Gasteiger partial charge in [0.25, 0.3) is 0 Å². The van der Waals surface area contributed by atoms with Crippen LogP contribution in [0.3, 0.4) is 0 Å². The van der Waals surface area contributed by atoms with Gasteiger partial charge in [0.05, 0.1) is 11.6 Å². The highest BCUT2D eigenvalue weighted by atomic mass is 32.1. The summed E-state index contributed by atoms with van der Waals surface area (Å²) in [6, 6.07) is 0. The first-order chi connectivity index (χ1) is 8.40. The maximum atomic E-state index is 12.2. The fourth-order valence-electron chi connectivity index (χ4n) is 2.12. The van der Waals surface area contributed by atoms with E-state index in [0.29, 0.717) is 6.54 Å². The molecule has 0 radical (unpaired) electrons. The van der Waals surface area contributed by atoms with Crippen LogP contribution >= 0.6 is 11.3 Å². The van der Waals surface area contributed by atoms with Gasteiger partial charge in [-0.05, 0) is 13.8 Å². The van der Waals surface area contributed by atoms with Crippen LogP contribution in [0.25, 0.3) is 0 Å². The number of aromatic nitrogens is 1. The van der Waals surface area contributed by atoms with E-state index in [0.717, 1.165) is 5.01 Å². The van der Waals surface area contributed by atoms with E-state index in [9.17, 15) is 9.59 Å². The second-order valence-electron chi connectivity index (χ2n) is 5.13. The molecule has 1 aliphatic heterocycles. The fourth-order valence-corrected chi connectivity index (χ4v) is 2.81. The molecular weight excluding hydrogens is 250 g/mol. The molecule has 1 unspecified atom stereocenters. The maximum absolute atomic E-state index is 12.2. The standard InChI is InChI=1S/C12H17N3O2S/c1-8(10-13-4-5-18-10)6-15-7-9(16)14-12(2,3)11(15)17/h4-5,8H,6-7H2,1-3H3,(H,14,16). The Morgan fingerprint density at radius 2 is 2.28 bits per heavy atom. The predicted molar refractivity (Wildman–Crippen MR) is 69.3 cm³/mol. The van der Waals surface area contributed by atoms with Crippen molar-refractivity contribution in [2.24, 2.45) is 0 Å². The zero-order valence-electron chi connectivity index (χ0n) is 10.8. The first-order valence-corrected chi connectivity index (χ1v) is 6.78. The summed E-state index contributed by atoms with van der Waals surface area (Å²) >= 11 is 1.57. The van der Waals surface area contributed by atoms with Crippen LogP contribution in [0.1, 0.15) is 31.7 Å². The highest BCUT2D eigenvalue weighted by Crippen LogP contribution is 2.21. The molecular formula is C12H17N3O2S. The maximum Gasteiger partial charge on any atom is 0.248 e. The third kappa shape index (κ3) is 2.53. The predicted octanol–water partition coefficient (Wildman–Crippen LogP) is 0.984. The molecule has 2 rings (SSSR count). The number of carbonyl (C=O) groups is 2. The lowest BCUT2D eigenvalue weighted by Crippen LogP contribution is -2.64. The van der Waals surface area contributed by atoms with Gasteiger partial charge in [-0.2, -0.15) is 0 Å². The Hall–Kier alpha value is -1.43. The summed E-state index contributed by atoms with van der Waals surface area (Å²) < 4.78 is 0. The normalized spacial score (nSPS) is 20.7. The van der Waals surface area contributed by atoms with Crippen LogP contribution in [0.5, 0.6) is 0 Å². The molecule has 0 aliphatic carbocycles. The van der Waals surface area contributed by atoms with Crippen LogP contribution in [0, 0.1) is 0 Å². The molecule has 0 saturated carbocycles. The first kappa shape index (κ1) is 13.0. The van der Waals surface area contributed by atoms with Crippen LogP contribution < -0.4 is 5.32 Å². The van der Waals surface area contributed by atoms with Gasteiger partial charge < -0.3 is 10.2 Å². The van der Waals surface area contributed by atoms with E-state index in [4.69, 9.17) is 0 Å². The average Bonchev–Trinajstić information content (AvgIpc) is 2.77.